The van der Waals surface area contributed by atoms with Crippen LogP contribution in [0.2, 0.25) is 0 Å². The second kappa shape index (κ2) is 4.15. The van der Waals surface area contributed by atoms with Gasteiger partial charge in [0.2, 0.25) is 0 Å². The van der Waals surface area contributed by atoms with Gasteiger partial charge in [-0.15, -0.1) is 4.91 Å². The van der Waals surface area contributed by atoms with E-state index in [1.165, 1.54) is 0 Å². The van der Waals surface area contributed by atoms with Crippen LogP contribution in [0.25, 0.3) is 0 Å². The van der Waals surface area contributed by atoms with Crippen molar-refractivity contribution in [2.24, 2.45) is 5.34 Å². The molecule has 0 spiro atoms. The summed E-state index contributed by atoms with van der Waals surface area (Å²) in [5, 5.41) is 2.03. The SMILES string of the molecule is O=NOC(=O)c1ccc(I)cc1. The molecule has 0 amide bonds. The molecule has 0 aliphatic rings. The average Bonchev–Trinajstić information content (AvgIpc) is 2.06. The van der Waals surface area contributed by atoms with Gasteiger partial charge in [0.1, 0.15) is 0 Å². The first-order chi connectivity index (χ1) is 5.74. The topological polar surface area (TPSA) is 55.7 Å². The number of halogens is 1. The molecule has 62 valence electrons. The molecule has 0 fully saturated rings. The number of carbonyl (C=O) groups is 1. The standard InChI is InChI=1S/C7H4INO3/c8-6-3-1-5(2-4-6)7(10)12-9-11/h1-4H. The van der Waals surface area contributed by atoms with Gasteiger partial charge in [-0.1, -0.05) is 0 Å². The van der Waals surface area contributed by atoms with E-state index < -0.39 is 5.97 Å². The lowest BCUT2D eigenvalue weighted by atomic mass is 10.2. The molecule has 12 heavy (non-hydrogen) atoms. The maximum absolute atomic E-state index is 10.8. The van der Waals surface area contributed by atoms with Gasteiger partial charge in [0.05, 0.1) is 5.56 Å². The average molecular weight is 277 g/mol. The van der Waals surface area contributed by atoms with Gasteiger partial charge in [0.25, 0.3) is 0 Å². The smallest absolute Gasteiger partial charge is 0.279 e. The highest BCUT2D eigenvalue weighted by atomic mass is 127. The molecule has 0 aromatic heterocycles. The number of carbonyl (C=O) groups excluding carboxylic acids is 1. The fourth-order valence-electron chi connectivity index (χ4n) is 0.673. The van der Waals surface area contributed by atoms with Crippen molar-refractivity contribution in [3.05, 3.63) is 38.3 Å². The number of hydrogen-bond acceptors (Lipinski definition) is 4. The molecule has 1 aromatic carbocycles. The largest absolute Gasteiger partial charge is 0.369 e. The Morgan fingerprint density at radius 2 is 1.92 bits per heavy atom. The minimum atomic E-state index is -0.735. The number of hydrogen-bond donors (Lipinski definition) is 0. The van der Waals surface area contributed by atoms with Gasteiger partial charge in [0, 0.05) is 3.57 Å². The monoisotopic (exact) mass is 277 g/mol. The molecule has 0 atom stereocenters. The molecule has 0 unspecified atom stereocenters. The van der Waals surface area contributed by atoms with Gasteiger partial charge < -0.3 is 0 Å². The van der Waals surface area contributed by atoms with Gasteiger partial charge in [-0.25, -0.2) is 4.79 Å². The van der Waals surface area contributed by atoms with Crippen molar-refractivity contribution in [2.75, 3.05) is 0 Å². The Balaban J connectivity index is 2.82. The van der Waals surface area contributed by atoms with E-state index in [2.05, 4.69) is 27.4 Å². The van der Waals surface area contributed by atoms with Crippen LogP contribution in [0, 0.1) is 8.48 Å². The first-order valence-corrected chi connectivity index (χ1v) is 4.11. The fraction of sp³-hybridized carbons (Fsp3) is 0. The van der Waals surface area contributed by atoms with E-state index in [1.54, 1.807) is 24.3 Å². The third-order valence-corrected chi connectivity index (χ3v) is 1.92. The Labute approximate surface area is 82.0 Å². The van der Waals surface area contributed by atoms with Crippen LogP contribution in [0.15, 0.2) is 29.6 Å². The minimum Gasteiger partial charge on any atom is -0.279 e. The van der Waals surface area contributed by atoms with Crippen LogP contribution in [0.1, 0.15) is 10.4 Å². The van der Waals surface area contributed by atoms with Gasteiger partial charge in [-0.3, -0.25) is 4.84 Å². The van der Waals surface area contributed by atoms with Crippen LogP contribution >= 0.6 is 22.6 Å². The molecule has 1 rings (SSSR count). The molecule has 0 radical (unpaired) electrons. The Morgan fingerprint density at radius 3 is 2.42 bits per heavy atom. The molecule has 0 aliphatic carbocycles. The maximum Gasteiger partial charge on any atom is 0.369 e. The summed E-state index contributed by atoms with van der Waals surface area (Å²) in [5.41, 5.74) is 0.315. The molecule has 1 aromatic rings. The quantitative estimate of drug-likeness (QED) is 0.472. The number of benzene rings is 1. The van der Waals surface area contributed by atoms with Crippen molar-refractivity contribution in [3.8, 4) is 0 Å². The predicted molar refractivity (Wildman–Crippen MR) is 50.4 cm³/mol. The van der Waals surface area contributed by atoms with Gasteiger partial charge in [-0.05, 0) is 46.9 Å². The minimum absolute atomic E-state index is 0.315. The summed E-state index contributed by atoms with van der Waals surface area (Å²) < 4.78 is 1.00. The first-order valence-electron chi connectivity index (χ1n) is 3.03. The second-order valence-electron chi connectivity index (χ2n) is 1.96. The van der Waals surface area contributed by atoms with E-state index in [0.29, 0.717) is 5.56 Å². The van der Waals surface area contributed by atoms with Crippen molar-refractivity contribution in [1.29, 1.82) is 0 Å². The summed E-state index contributed by atoms with van der Waals surface area (Å²) in [6.07, 6.45) is 0. The highest BCUT2D eigenvalue weighted by molar-refractivity contribution is 14.1. The third kappa shape index (κ3) is 2.26. The van der Waals surface area contributed by atoms with Crippen molar-refractivity contribution in [3.63, 3.8) is 0 Å². The summed E-state index contributed by atoms with van der Waals surface area (Å²) >= 11 is 2.10. The summed E-state index contributed by atoms with van der Waals surface area (Å²) in [5.74, 6) is -0.735. The molecule has 5 heteroatoms. The van der Waals surface area contributed by atoms with Crippen molar-refractivity contribution in [2.45, 2.75) is 0 Å². The van der Waals surface area contributed by atoms with Crippen LogP contribution in [0.4, 0.5) is 0 Å². The van der Waals surface area contributed by atoms with Crippen molar-refractivity contribution >= 4 is 28.6 Å². The fourth-order valence-corrected chi connectivity index (χ4v) is 1.03. The molecular weight excluding hydrogens is 273 g/mol. The number of nitrogens with zero attached hydrogens (tertiary/aromatic N) is 1. The van der Waals surface area contributed by atoms with E-state index in [1.807, 2.05) is 5.34 Å². The van der Waals surface area contributed by atoms with Crippen LogP contribution < -0.4 is 0 Å². The highest BCUT2D eigenvalue weighted by Crippen LogP contribution is 2.07. The highest BCUT2D eigenvalue weighted by Gasteiger charge is 2.06. The van der Waals surface area contributed by atoms with Crippen LogP contribution in [-0.4, -0.2) is 5.97 Å². The molecule has 0 saturated carbocycles. The first kappa shape index (κ1) is 9.11. The maximum atomic E-state index is 10.8. The molecule has 4 nitrogen and oxygen atoms in total. The van der Waals surface area contributed by atoms with E-state index in [0.717, 1.165) is 3.57 Å². The zero-order chi connectivity index (χ0) is 8.97. The molecule has 0 bridgehead atoms. The van der Waals surface area contributed by atoms with Gasteiger partial charge >= 0.3 is 5.97 Å². The van der Waals surface area contributed by atoms with Gasteiger partial charge in [0.15, 0.2) is 5.34 Å². The van der Waals surface area contributed by atoms with Crippen molar-refractivity contribution in [1.82, 2.24) is 0 Å². The van der Waals surface area contributed by atoms with E-state index in [-0.39, 0.29) is 0 Å². The van der Waals surface area contributed by atoms with Crippen LogP contribution in [0.3, 0.4) is 0 Å². The lowest BCUT2D eigenvalue weighted by molar-refractivity contribution is 0.0508. The zero-order valence-corrected chi connectivity index (χ0v) is 8.02. The lowest BCUT2D eigenvalue weighted by Gasteiger charge is -1.94. The number of rotatable bonds is 2. The summed E-state index contributed by atoms with van der Waals surface area (Å²) in [6, 6.07) is 6.61. The second-order valence-corrected chi connectivity index (χ2v) is 3.21. The molecule has 0 N–H and O–H groups in total. The predicted octanol–water partition coefficient (Wildman–Crippen LogP) is 2.13. The molecule has 0 aliphatic heterocycles. The van der Waals surface area contributed by atoms with E-state index in [4.69, 9.17) is 0 Å². The molecule has 0 saturated heterocycles. The van der Waals surface area contributed by atoms with Gasteiger partial charge in [-0.2, -0.15) is 0 Å². The Hall–Kier alpha value is -0.980. The Kier molecular flexibility index (Phi) is 3.15. The van der Waals surface area contributed by atoms with Crippen LogP contribution in [-0.2, 0) is 4.84 Å². The van der Waals surface area contributed by atoms with E-state index >= 15 is 0 Å². The molecule has 0 heterocycles. The normalized spacial score (nSPS) is 9.08. The Morgan fingerprint density at radius 1 is 1.33 bits per heavy atom. The van der Waals surface area contributed by atoms with Crippen molar-refractivity contribution < 1.29 is 9.63 Å². The summed E-state index contributed by atoms with van der Waals surface area (Å²) in [7, 11) is 0. The summed E-state index contributed by atoms with van der Waals surface area (Å²) in [6.45, 7) is 0. The third-order valence-electron chi connectivity index (χ3n) is 1.20. The van der Waals surface area contributed by atoms with E-state index in [9.17, 15) is 9.70 Å². The zero-order valence-electron chi connectivity index (χ0n) is 5.86. The Bertz CT molecular complexity index is 296. The van der Waals surface area contributed by atoms with Crippen LogP contribution in [0.5, 0.6) is 0 Å². The molecular formula is C7H4INO3. The lowest BCUT2D eigenvalue weighted by Crippen LogP contribution is -1.99. The summed E-state index contributed by atoms with van der Waals surface area (Å²) in [4.78, 5) is 24.3.